The molecule has 2 aromatic carbocycles. The van der Waals surface area contributed by atoms with E-state index in [9.17, 15) is 0 Å². The van der Waals surface area contributed by atoms with Gasteiger partial charge >= 0.3 is 0 Å². The highest BCUT2D eigenvalue weighted by molar-refractivity contribution is 6.09. The van der Waals surface area contributed by atoms with Crippen LogP contribution in [-0.4, -0.2) is 0 Å². The molecule has 5 aliphatic carbocycles. The summed E-state index contributed by atoms with van der Waals surface area (Å²) in [5.74, 6) is 4.84. The summed E-state index contributed by atoms with van der Waals surface area (Å²) in [6.45, 7) is 48.1. The molecule has 0 radical (unpaired) electrons. The molecule has 1 unspecified atom stereocenters. The van der Waals surface area contributed by atoms with Crippen LogP contribution in [0.15, 0.2) is 96.2 Å². The predicted molar refractivity (Wildman–Crippen MR) is 254 cm³/mol. The molecule has 0 aromatic heterocycles. The molecular weight excluding hydrogens is 685 g/mol. The van der Waals surface area contributed by atoms with Crippen LogP contribution < -0.4 is 0 Å². The van der Waals surface area contributed by atoms with E-state index in [4.69, 9.17) is 13.2 Å². The highest BCUT2D eigenvalue weighted by Gasteiger charge is 2.41. The fourth-order valence-electron chi connectivity index (χ4n) is 11.7. The lowest BCUT2D eigenvalue weighted by Crippen LogP contribution is -2.34. The average molecular weight is 761 g/mol. The smallest absolute Gasteiger partial charge is 0.0282 e. The fraction of sp³-hybridized carbons (Fsp3) is 0.509. The number of fused-ring (bicyclic) bond motifs is 14. The molecule has 57 heavy (non-hydrogen) atoms. The molecule has 7 rings (SSSR count). The topological polar surface area (TPSA) is 0 Å². The van der Waals surface area contributed by atoms with Crippen LogP contribution in [0.25, 0.3) is 22.4 Å². The van der Waals surface area contributed by atoms with Crippen LogP contribution in [0.5, 0.6) is 0 Å². The molecular formula is C57H76. The van der Waals surface area contributed by atoms with Crippen molar-refractivity contribution in [1.29, 1.82) is 0 Å². The number of aryl methyl sites for hydroxylation is 2. The predicted octanol–water partition coefficient (Wildman–Crippen LogP) is 16.3. The second kappa shape index (κ2) is 16.5. The monoisotopic (exact) mass is 761 g/mol. The van der Waals surface area contributed by atoms with Gasteiger partial charge in [-0.05, 0) is 205 Å². The fourth-order valence-corrected chi connectivity index (χ4v) is 11.7. The molecule has 0 saturated carbocycles. The zero-order chi connectivity index (χ0) is 41.8. The first-order chi connectivity index (χ1) is 26.8. The maximum absolute atomic E-state index is 5.02. The van der Waals surface area contributed by atoms with Gasteiger partial charge in [-0.2, -0.15) is 0 Å². The quantitative estimate of drug-likeness (QED) is 0.273. The van der Waals surface area contributed by atoms with E-state index in [0.717, 1.165) is 32.1 Å². The van der Waals surface area contributed by atoms with Crippen LogP contribution in [0.3, 0.4) is 0 Å². The van der Waals surface area contributed by atoms with Crippen LogP contribution in [0.2, 0.25) is 0 Å². The number of rotatable bonds is 3. The lowest BCUT2D eigenvalue weighted by molar-refractivity contribution is 0.103. The lowest BCUT2D eigenvalue weighted by Gasteiger charge is -2.41. The summed E-state index contributed by atoms with van der Waals surface area (Å²) in [5.41, 5.74) is 19.5. The van der Waals surface area contributed by atoms with Gasteiger partial charge in [-0.15, -0.1) is 6.58 Å². The van der Waals surface area contributed by atoms with E-state index >= 15 is 0 Å². The Labute approximate surface area is 349 Å². The molecule has 5 bridgehead atoms. The number of hydrogen-bond acceptors (Lipinski definition) is 0. The van der Waals surface area contributed by atoms with E-state index in [2.05, 4.69) is 158 Å². The van der Waals surface area contributed by atoms with Crippen LogP contribution in [0.1, 0.15) is 146 Å². The van der Waals surface area contributed by atoms with E-state index in [0.29, 0.717) is 47.3 Å². The van der Waals surface area contributed by atoms with Crippen molar-refractivity contribution in [2.45, 2.75) is 135 Å². The molecule has 0 heteroatoms. The molecule has 5 aliphatic rings. The summed E-state index contributed by atoms with van der Waals surface area (Å²) < 4.78 is 0. The highest BCUT2D eigenvalue weighted by Crippen LogP contribution is 2.57. The Morgan fingerprint density at radius 3 is 2.14 bits per heavy atom. The molecule has 2 aromatic rings. The standard InChI is InChI=1S/C57H76/c1-18-46-23-20-26-57(17)31-52-41(12)42(13)53-44(15)50(55-48-25-24-33(4)28-47(48)30-51(55)56(53)54(52)45(57)16)29-36(7)34(5)21-19-22-35(6)37(8)38(9)39(10)40(11)49(43(46)14)27-32(2)3/h19-25,28,30,35,37-40,43,46,48-49H,2,7,16,18,26-27,29,31H2,1,3-6,8-15,17H3/b22-19+,23-20+,34-21-/t35-,37-,38+,39+,40+,43+,46-,48?,49-,57-/m0/s1. The lowest BCUT2D eigenvalue weighted by atomic mass is 9.65. The molecule has 0 nitrogen and oxygen atoms in total. The van der Waals surface area contributed by atoms with Gasteiger partial charge in [0.2, 0.25) is 0 Å². The Morgan fingerprint density at radius 1 is 0.789 bits per heavy atom. The van der Waals surface area contributed by atoms with Crippen molar-refractivity contribution in [1.82, 2.24) is 0 Å². The Balaban J connectivity index is 1.55. The molecule has 304 valence electrons. The third kappa shape index (κ3) is 7.70. The largest absolute Gasteiger partial charge is 0.100 e. The Kier molecular flexibility index (Phi) is 12.5. The van der Waals surface area contributed by atoms with Crippen molar-refractivity contribution in [3.8, 4) is 0 Å². The molecule has 0 amide bonds. The summed E-state index contributed by atoms with van der Waals surface area (Å²) in [4.78, 5) is 0. The Morgan fingerprint density at radius 2 is 1.47 bits per heavy atom. The molecule has 0 saturated heterocycles. The van der Waals surface area contributed by atoms with Crippen molar-refractivity contribution in [3.05, 3.63) is 141 Å². The van der Waals surface area contributed by atoms with E-state index in [-0.39, 0.29) is 11.3 Å². The zero-order valence-electron chi connectivity index (χ0n) is 38.5. The van der Waals surface area contributed by atoms with E-state index in [1.165, 1.54) is 88.7 Å². The molecule has 0 spiro atoms. The van der Waals surface area contributed by atoms with Crippen molar-refractivity contribution in [3.63, 3.8) is 0 Å². The van der Waals surface area contributed by atoms with Crippen molar-refractivity contribution in [2.75, 3.05) is 0 Å². The van der Waals surface area contributed by atoms with E-state index in [1.54, 1.807) is 0 Å². The number of hydrogen-bond donors (Lipinski definition) is 0. The SMILES string of the molecule is C=C(C)C[C@H]1[C@H](C)[C@H](C)[C@H](C)[C@@H](C)[C@@H](C)/C=C/C=C(/C)C(=C)Cc2c3c(c4c5c(c(C)c(C)c4c2C)C[C@](C)(C/C=C/[C@H](CC)[C@H]1C)C5=C)C=C1C=C(C)C=CC13. The minimum atomic E-state index is -0.0289. The molecule has 0 aliphatic heterocycles. The van der Waals surface area contributed by atoms with E-state index < -0.39 is 0 Å². The zero-order valence-corrected chi connectivity index (χ0v) is 38.5. The second-order valence-electron chi connectivity index (χ2n) is 20.1. The number of benzene rings is 2. The van der Waals surface area contributed by atoms with Gasteiger partial charge in [0, 0.05) is 11.3 Å². The normalized spacial score (nSPS) is 34.1. The van der Waals surface area contributed by atoms with Gasteiger partial charge in [0.1, 0.15) is 0 Å². The number of allylic oxidation sites excluding steroid dienone is 14. The van der Waals surface area contributed by atoms with Crippen molar-refractivity contribution in [2.24, 2.45) is 52.8 Å². The summed E-state index contributed by atoms with van der Waals surface area (Å²) in [5, 5.41) is 2.88. The summed E-state index contributed by atoms with van der Waals surface area (Å²) in [6, 6.07) is 0. The molecule has 0 fully saturated rings. The average Bonchev–Trinajstić information content (AvgIpc) is 3.67. The summed E-state index contributed by atoms with van der Waals surface area (Å²) >= 11 is 0. The minimum absolute atomic E-state index is 0.0289. The molecule has 10 atom stereocenters. The third-order valence-electron chi connectivity index (χ3n) is 16.5. The van der Waals surface area contributed by atoms with Crippen LogP contribution in [0.4, 0.5) is 0 Å². The first-order valence-corrected chi connectivity index (χ1v) is 22.6. The third-order valence-corrected chi connectivity index (χ3v) is 16.5. The van der Waals surface area contributed by atoms with Crippen LogP contribution in [0, 0.1) is 73.5 Å². The first kappa shape index (κ1) is 43.0. The minimum Gasteiger partial charge on any atom is -0.100 e. The maximum Gasteiger partial charge on any atom is 0.0282 e. The Bertz CT molecular complexity index is 2160. The van der Waals surface area contributed by atoms with Crippen molar-refractivity contribution >= 4 is 22.4 Å². The Hall–Kier alpha value is -3.64. The van der Waals surface area contributed by atoms with Gasteiger partial charge < -0.3 is 0 Å². The van der Waals surface area contributed by atoms with Gasteiger partial charge in [-0.3, -0.25) is 0 Å². The van der Waals surface area contributed by atoms with Gasteiger partial charge in [0.05, 0.1) is 0 Å². The molecule has 0 N–H and O–H groups in total. The first-order valence-electron chi connectivity index (χ1n) is 22.6. The summed E-state index contributed by atoms with van der Waals surface area (Å²) in [6.07, 6.45) is 27.2. The van der Waals surface area contributed by atoms with Gasteiger partial charge in [0.15, 0.2) is 0 Å². The van der Waals surface area contributed by atoms with Crippen LogP contribution >= 0.6 is 0 Å². The van der Waals surface area contributed by atoms with Gasteiger partial charge in [-0.1, -0.05) is 128 Å². The van der Waals surface area contributed by atoms with Crippen molar-refractivity contribution < 1.29 is 0 Å². The van der Waals surface area contributed by atoms with Crippen LogP contribution in [-0.2, 0) is 12.8 Å². The second-order valence-corrected chi connectivity index (χ2v) is 20.1. The molecule has 0 heterocycles. The van der Waals surface area contributed by atoms with Gasteiger partial charge in [-0.25, -0.2) is 0 Å². The highest BCUT2D eigenvalue weighted by atomic mass is 14.4. The summed E-state index contributed by atoms with van der Waals surface area (Å²) in [7, 11) is 0. The van der Waals surface area contributed by atoms with Gasteiger partial charge in [0.25, 0.3) is 0 Å². The maximum atomic E-state index is 5.02. The van der Waals surface area contributed by atoms with E-state index in [1.807, 2.05) is 0 Å².